The highest BCUT2D eigenvalue weighted by atomic mass is 16.7. The van der Waals surface area contributed by atoms with E-state index in [2.05, 4.69) is 16.0 Å². The molecule has 18 heteroatoms. The average Bonchev–Trinajstić information content (AvgIpc) is 4.00. The highest BCUT2D eigenvalue weighted by Crippen LogP contribution is 2.30. The van der Waals surface area contributed by atoms with Crippen LogP contribution in [0.2, 0.25) is 0 Å². The second-order valence-electron chi connectivity index (χ2n) is 18.7. The van der Waals surface area contributed by atoms with Crippen molar-refractivity contribution in [3.63, 3.8) is 0 Å². The van der Waals surface area contributed by atoms with Crippen molar-refractivity contribution in [2.45, 2.75) is 104 Å². The van der Waals surface area contributed by atoms with Crippen molar-refractivity contribution in [2.75, 3.05) is 13.3 Å². The number of hydrogen-bond acceptors (Lipinski definition) is 14. The molecule has 0 aliphatic carbocycles. The molecule has 0 bridgehead atoms. The molecule has 1 aromatic heterocycles. The lowest BCUT2D eigenvalue weighted by Crippen LogP contribution is -2.49. The Bertz CT molecular complexity index is 2980. The third-order valence-corrected chi connectivity index (χ3v) is 12.6. The molecule has 0 fully saturated rings. The molecule has 1 heterocycles. The molecule has 0 radical (unpaired) electrons. The fourth-order valence-electron chi connectivity index (χ4n) is 8.42. The number of furan rings is 1. The summed E-state index contributed by atoms with van der Waals surface area (Å²) in [6.45, 7) is 6.43. The Hall–Kier alpha value is -9.06. The van der Waals surface area contributed by atoms with Gasteiger partial charge in [0.25, 0.3) is 11.8 Å². The first-order chi connectivity index (χ1) is 38.3. The summed E-state index contributed by atoms with van der Waals surface area (Å²) in [5.41, 5.74) is 3.31. The van der Waals surface area contributed by atoms with Crippen molar-refractivity contribution >= 4 is 48.0 Å². The molecular formula is C61H66N4O14. The number of hydroxylamine groups is 2. The van der Waals surface area contributed by atoms with Gasteiger partial charge in [-0.3, -0.25) is 24.0 Å². The predicted octanol–water partition coefficient (Wildman–Crippen LogP) is 9.18. The van der Waals surface area contributed by atoms with E-state index in [0.29, 0.717) is 41.5 Å². The van der Waals surface area contributed by atoms with E-state index in [1.54, 1.807) is 97.9 Å². The van der Waals surface area contributed by atoms with Crippen LogP contribution in [0.5, 0.6) is 5.75 Å². The van der Waals surface area contributed by atoms with Crippen LogP contribution in [-0.2, 0) is 62.8 Å². The van der Waals surface area contributed by atoms with E-state index >= 15 is 0 Å². The number of ether oxygens (including phenoxy) is 4. The quantitative estimate of drug-likeness (QED) is 0.00953. The summed E-state index contributed by atoms with van der Waals surface area (Å²) < 4.78 is 28.2. The molecule has 414 valence electrons. The molecule has 0 saturated heterocycles. The molecule has 3 N–H and O–H groups in total. The zero-order valence-electron chi connectivity index (χ0n) is 44.7. The summed E-state index contributed by atoms with van der Waals surface area (Å²) in [7, 11) is 0. The van der Waals surface area contributed by atoms with Gasteiger partial charge in [0.2, 0.25) is 12.3 Å². The van der Waals surface area contributed by atoms with Crippen LogP contribution in [0.3, 0.4) is 0 Å². The summed E-state index contributed by atoms with van der Waals surface area (Å²) in [6, 6.07) is 38.4. The molecule has 0 aliphatic heterocycles. The van der Waals surface area contributed by atoms with Gasteiger partial charge < -0.3 is 44.2 Å². The Labute approximate surface area is 459 Å². The van der Waals surface area contributed by atoms with Crippen LogP contribution in [0.15, 0.2) is 150 Å². The third-order valence-electron chi connectivity index (χ3n) is 12.6. The Morgan fingerprint density at radius 2 is 1.25 bits per heavy atom. The first kappa shape index (κ1) is 59.2. The van der Waals surface area contributed by atoms with E-state index in [0.717, 1.165) is 29.0 Å². The Balaban J connectivity index is 1.16. The Kier molecular flexibility index (Phi) is 22.9. The monoisotopic (exact) mass is 1080 g/mol. The lowest BCUT2D eigenvalue weighted by Gasteiger charge is -2.32. The number of rotatable bonds is 30. The minimum absolute atomic E-state index is 0.00349. The molecule has 2 unspecified atom stereocenters. The summed E-state index contributed by atoms with van der Waals surface area (Å²) >= 11 is 0. The largest absolute Gasteiger partial charge is 0.481 e. The van der Waals surface area contributed by atoms with Gasteiger partial charge in [0, 0.05) is 5.56 Å². The SMILES string of the molecule is CCCCCC(C(=O)NCNC(=O)c1ccc(-c2ccc(C(=O)N[C@@H](CC(=O)OCc3ccccc3)C(=O)OCc3ccccc3)c(OCC(=O)OCc3ccccc3)c2)o1)C(CC)N(C=O)OC(=O)c1ccccc1C(C)C. The van der Waals surface area contributed by atoms with E-state index in [4.69, 9.17) is 28.2 Å². The van der Waals surface area contributed by atoms with Crippen molar-refractivity contribution < 1.29 is 66.6 Å². The first-order valence-electron chi connectivity index (χ1n) is 26.2. The molecular weight excluding hydrogens is 1010 g/mol. The van der Waals surface area contributed by atoms with E-state index in [1.165, 1.54) is 30.3 Å². The Morgan fingerprint density at radius 1 is 0.646 bits per heavy atom. The fourth-order valence-corrected chi connectivity index (χ4v) is 8.42. The van der Waals surface area contributed by atoms with Gasteiger partial charge in [-0.1, -0.05) is 162 Å². The normalized spacial score (nSPS) is 12.0. The maximum absolute atomic E-state index is 14.2. The van der Waals surface area contributed by atoms with Crippen LogP contribution < -0.4 is 20.7 Å². The van der Waals surface area contributed by atoms with E-state index in [9.17, 15) is 38.4 Å². The van der Waals surface area contributed by atoms with Gasteiger partial charge >= 0.3 is 23.9 Å². The number of carbonyl (C=O) groups excluding carboxylic acids is 8. The lowest BCUT2D eigenvalue weighted by atomic mass is 9.90. The van der Waals surface area contributed by atoms with Crippen molar-refractivity contribution in [1.29, 1.82) is 0 Å². The van der Waals surface area contributed by atoms with Crippen LogP contribution in [0.1, 0.15) is 126 Å². The smallest absolute Gasteiger partial charge is 0.363 e. The van der Waals surface area contributed by atoms with E-state index in [1.807, 2.05) is 45.0 Å². The van der Waals surface area contributed by atoms with Crippen molar-refractivity contribution in [3.8, 4) is 17.1 Å². The number of amides is 4. The highest BCUT2D eigenvalue weighted by Gasteiger charge is 2.34. The topological polar surface area (TPSA) is 235 Å². The molecule has 5 aromatic carbocycles. The fraction of sp³-hybridized carbons (Fsp3) is 0.311. The van der Waals surface area contributed by atoms with Gasteiger partial charge in [0.05, 0.1) is 36.2 Å². The highest BCUT2D eigenvalue weighted by molar-refractivity contribution is 6.00. The van der Waals surface area contributed by atoms with Crippen LogP contribution in [-0.4, -0.2) is 78.4 Å². The molecule has 0 saturated carbocycles. The predicted molar refractivity (Wildman–Crippen MR) is 290 cm³/mol. The van der Waals surface area contributed by atoms with Crippen LogP contribution in [0.25, 0.3) is 11.3 Å². The number of carbonyl (C=O) groups is 8. The van der Waals surface area contributed by atoms with Gasteiger partial charge in [-0.15, -0.1) is 0 Å². The number of nitrogens with one attached hydrogen (secondary N) is 3. The minimum Gasteiger partial charge on any atom is -0.481 e. The number of benzene rings is 5. The molecule has 0 spiro atoms. The number of unbranched alkanes of at least 4 members (excludes halogenated alkanes) is 2. The second-order valence-corrected chi connectivity index (χ2v) is 18.7. The molecule has 0 aliphatic rings. The second kappa shape index (κ2) is 30.6. The molecule has 6 rings (SSSR count). The van der Waals surface area contributed by atoms with E-state index in [-0.39, 0.29) is 61.7 Å². The maximum Gasteiger partial charge on any atom is 0.363 e. The number of nitrogens with zero attached hydrogens (tertiary/aromatic N) is 1. The molecule has 4 amide bonds. The number of esters is 3. The first-order valence-corrected chi connectivity index (χ1v) is 26.2. The maximum atomic E-state index is 14.2. The van der Waals surface area contributed by atoms with E-state index < -0.39 is 72.6 Å². The van der Waals surface area contributed by atoms with Crippen LogP contribution in [0.4, 0.5) is 0 Å². The van der Waals surface area contributed by atoms with Crippen molar-refractivity contribution in [3.05, 3.63) is 185 Å². The zero-order valence-corrected chi connectivity index (χ0v) is 44.7. The van der Waals surface area contributed by atoms with Gasteiger partial charge in [0.1, 0.15) is 37.4 Å². The van der Waals surface area contributed by atoms with Crippen molar-refractivity contribution in [1.82, 2.24) is 21.0 Å². The molecule has 3 atom stereocenters. The summed E-state index contributed by atoms with van der Waals surface area (Å²) in [5.74, 6) is -6.22. The Morgan fingerprint density at radius 3 is 1.86 bits per heavy atom. The molecule has 18 nitrogen and oxygen atoms in total. The van der Waals surface area contributed by atoms with Gasteiger partial charge in [-0.05, 0) is 71.3 Å². The standard InChI is InChI=1S/C61H66N4O14/c1-5-7-11-28-48(51(6-2)65(40-66)79-60(72)47-27-19-18-26-46(47)41(3)4)57(69)62-39-63-59(71)53-32-31-52(78-53)45-29-30-49(54(33-45)74-38-56(68)76-36-43-22-14-9-15-23-43)58(70)64-50(61(73)77-37-44-24-16-10-17-25-44)34-55(67)75-35-42-20-12-8-13-21-42/h8-10,12-27,29-33,40-41,48,50-51H,5-7,11,28,34-39H2,1-4H3,(H,62,69)(H,63,71)(H,64,70)/t48?,50-,51?/m0/s1. The summed E-state index contributed by atoms with van der Waals surface area (Å²) in [4.78, 5) is 113. The summed E-state index contributed by atoms with van der Waals surface area (Å²) in [6.07, 6.45) is 2.78. The van der Waals surface area contributed by atoms with Crippen LogP contribution in [0, 0.1) is 5.92 Å². The average molecular weight is 1080 g/mol. The summed E-state index contributed by atoms with van der Waals surface area (Å²) in [5, 5.41) is 8.84. The number of hydrogen-bond donors (Lipinski definition) is 3. The zero-order chi connectivity index (χ0) is 56.5. The third kappa shape index (κ3) is 18.0. The van der Waals surface area contributed by atoms with Crippen molar-refractivity contribution in [2.24, 2.45) is 5.92 Å². The lowest BCUT2D eigenvalue weighted by molar-refractivity contribution is -0.171. The van der Waals surface area contributed by atoms with Gasteiger partial charge in [-0.2, -0.15) is 5.06 Å². The van der Waals surface area contributed by atoms with Crippen LogP contribution >= 0.6 is 0 Å². The minimum atomic E-state index is -1.52. The molecule has 79 heavy (non-hydrogen) atoms. The molecule has 6 aromatic rings. The van der Waals surface area contributed by atoms with Gasteiger partial charge in [0.15, 0.2) is 12.4 Å². The van der Waals surface area contributed by atoms with Gasteiger partial charge in [-0.25, -0.2) is 14.4 Å².